The highest BCUT2D eigenvalue weighted by Gasteiger charge is 2.32. The van der Waals surface area contributed by atoms with Crippen molar-refractivity contribution >= 4 is 17.7 Å². The van der Waals surface area contributed by atoms with Crippen LogP contribution in [-0.4, -0.2) is 83.0 Å². The van der Waals surface area contributed by atoms with Crippen molar-refractivity contribution in [2.24, 2.45) is 0 Å². The summed E-state index contributed by atoms with van der Waals surface area (Å²) in [6.07, 6.45) is 7.09. The molecule has 2 saturated carbocycles. The number of hydrogen-bond acceptors (Lipinski definition) is 7. The number of hydrogen-bond donors (Lipinski definition) is 2. The van der Waals surface area contributed by atoms with E-state index in [1.807, 2.05) is 60.7 Å². The molecule has 3 fully saturated rings. The summed E-state index contributed by atoms with van der Waals surface area (Å²) < 4.78 is 19.3. The summed E-state index contributed by atoms with van der Waals surface area (Å²) in [5, 5.41) is 10.8. The van der Waals surface area contributed by atoms with Crippen LogP contribution in [0.5, 0.6) is 0 Å². The van der Waals surface area contributed by atoms with Crippen LogP contribution in [0.2, 0.25) is 0 Å². The predicted octanol–water partition coefficient (Wildman–Crippen LogP) is 4.26. The minimum atomic E-state index is -0.377. The number of nitrogens with zero attached hydrogens (tertiary/aromatic N) is 3. The number of aromatic nitrogens is 2. The highest BCUT2D eigenvalue weighted by molar-refractivity contribution is 5.98. The van der Waals surface area contributed by atoms with Gasteiger partial charge in [0, 0.05) is 19.2 Å². The van der Waals surface area contributed by atoms with Gasteiger partial charge in [-0.15, -0.1) is 0 Å². The Morgan fingerprint density at radius 3 is 1.88 bits per heavy atom. The van der Waals surface area contributed by atoms with Gasteiger partial charge in [-0.3, -0.25) is 14.4 Å². The van der Waals surface area contributed by atoms with Crippen molar-refractivity contribution in [3.63, 3.8) is 0 Å². The molecule has 1 aromatic heterocycles. The number of carbonyl (C=O) groups excluding carboxylic acids is 3. The van der Waals surface area contributed by atoms with Crippen LogP contribution in [0, 0.1) is 0 Å². The number of rotatable bonds is 12. The van der Waals surface area contributed by atoms with Gasteiger partial charge >= 0.3 is 0 Å². The highest BCUT2D eigenvalue weighted by atomic mass is 16.5. The monoisotopic (exact) mass is 657 g/mol. The average Bonchev–Trinajstić information content (AvgIpc) is 3.55. The van der Waals surface area contributed by atoms with Crippen molar-refractivity contribution in [3.8, 4) is 0 Å². The third-order valence-corrected chi connectivity index (χ3v) is 9.51. The smallest absolute Gasteiger partial charge is 0.274 e. The van der Waals surface area contributed by atoms with Gasteiger partial charge in [-0.2, -0.15) is 5.10 Å². The summed E-state index contributed by atoms with van der Waals surface area (Å²) in [6, 6.07) is 21.2. The van der Waals surface area contributed by atoms with Crippen molar-refractivity contribution in [2.75, 3.05) is 26.3 Å². The van der Waals surface area contributed by atoms with Gasteiger partial charge in [-0.1, -0.05) is 86.3 Å². The fraction of sp³-hybridized carbons (Fsp3) is 0.514. The van der Waals surface area contributed by atoms with Crippen LogP contribution < -0.4 is 10.6 Å². The molecule has 2 heterocycles. The first-order chi connectivity index (χ1) is 23.5. The first-order valence-corrected chi connectivity index (χ1v) is 17.4. The Hall–Kier alpha value is -4.06. The van der Waals surface area contributed by atoms with E-state index in [0.717, 1.165) is 62.5 Å². The van der Waals surface area contributed by atoms with Crippen molar-refractivity contribution in [2.45, 2.75) is 95.4 Å². The van der Waals surface area contributed by atoms with E-state index < -0.39 is 0 Å². The molecule has 4 atom stereocenters. The fourth-order valence-electron chi connectivity index (χ4n) is 6.86. The van der Waals surface area contributed by atoms with Gasteiger partial charge in [0.15, 0.2) is 5.69 Å². The number of morpholine rings is 1. The Morgan fingerprint density at radius 2 is 1.29 bits per heavy atom. The molecule has 3 amide bonds. The van der Waals surface area contributed by atoms with Crippen LogP contribution in [0.4, 0.5) is 0 Å². The molecule has 0 unspecified atom stereocenters. The molecule has 2 aliphatic carbocycles. The minimum absolute atomic E-state index is 0.110. The summed E-state index contributed by atoms with van der Waals surface area (Å²) in [6.45, 7) is 2.54. The van der Waals surface area contributed by atoms with E-state index in [-0.39, 0.29) is 59.9 Å². The molecule has 11 heteroatoms. The largest absolute Gasteiger partial charge is 0.378 e. The molecule has 1 aliphatic heterocycles. The fourth-order valence-corrected chi connectivity index (χ4v) is 6.86. The zero-order valence-electron chi connectivity index (χ0n) is 27.6. The molecule has 2 aromatic carbocycles. The van der Waals surface area contributed by atoms with Crippen LogP contribution in [0.3, 0.4) is 0 Å². The summed E-state index contributed by atoms with van der Waals surface area (Å²) in [4.78, 5) is 42.5. The van der Waals surface area contributed by atoms with Gasteiger partial charge in [0.25, 0.3) is 11.8 Å². The van der Waals surface area contributed by atoms with Crippen molar-refractivity contribution in [3.05, 3.63) is 89.2 Å². The molecule has 0 spiro atoms. The van der Waals surface area contributed by atoms with Crippen LogP contribution in [-0.2, 0) is 38.8 Å². The van der Waals surface area contributed by atoms with Gasteiger partial charge in [-0.05, 0) is 36.8 Å². The molecule has 3 aliphatic rings. The Bertz CT molecular complexity index is 1490. The zero-order valence-corrected chi connectivity index (χ0v) is 27.6. The maximum absolute atomic E-state index is 13.9. The van der Waals surface area contributed by atoms with Crippen LogP contribution >= 0.6 is 0 Å². The Labute approximate surface area is 282 Å². The van der Waals surface area contributed by atoms with E-state index in [2.05, 4.69) is 15.7 Å². The van der Waals surface area contributed by atoms with Gasteiger partial charge < -0.3 is 29.7 Å². The van der Waals surface area contributed by atoms with Gasteiger partial charge in [-0.25, -0.2) is 4.68 Å². The Morgan fingerprint density at radius 1 is 0.750 bits per heavy atom. The molecule has 48 heavy (non-hydrogen) atoms. The number of amides is 3. The molecule has 0 bridgehead atoms. The highest BCUT2D eigenvalue weighted by Crippen LogP contribution is 2.24. The summed E-state index contributed by atoms with van der Waals surface area (Å²) >= 11 is 0. The Balaban J connectivity index is 1.14. The van der Waals surface area contributed by atoms with E-state index in [4.69, 9.17) is 14.2 Å². The van der Waals surface area contributed by atoms with Crippen LogP contribution in [0.1, 0.15) is 83.5 Å². The zero-order chi connectivity index (χ0) is 33.1. The summed E-state index contributed by atoms with van der Waals surface area (Å²) in [7, 11) is 0. The van der Waals surface area contributed by atoms with Crippen LogP contribution in [0.15, 0.2) is 66.7 Å². The number of nitrogens with one attached hydrogen (secondary N) is 2. The first kappa shape index (κ1) is 33.8. The maximum atomic E-state index is 13.9. The maximum Gasteiger partial charge on any atom is 0.274 e. The Kier molecular flexibility index (Phi) is 11.9. The minimum Gasteiger partial charge on any atom is -0.378 e. The summed E-state index contributed by atoms with van der Waals surface area (Å²) in [5.41, 5.74) is 2.48. The van der Waals surface area contributed by atoms with E-state index in [1.54, 1.807) is 4.90 Å². The third-order valence-electron chi connectivity index (χ3n) is 9.51. The summed E-state index contributed by atoms with van der Waals surface area (Å²) in [5.74, 6) is -0.937. The SMILES string of the molecule is O=C(Cn1nc(C(=O)N2CCOCC2)cc1C(=O)N[C@H]1CCCC[C@@H]1OCc1ccccc1)N[C@H]1CCCC[C@@H]1OCc1ccccc1. The van der Waals surface area contributed by atoms with E-state index in [0.29, 0.717) is 39.5 Å². The van der Waals surface area contributed by atoms with Crippen LogP contribution in [0.25, 0.3) is 0 Å². The molecule has 0 radical (unpaired) electrons. The third kappa shape index (κ3) is 9.09. The molecule has 11 nitrogen and oxygen atoms in total. The van der Waals surface area contributed by atoms with Crippen molar-refractivity contribution in [1.82, 2.24) is 25.3 Å². The number of carbonyl (C=O) groups is 3. The normalized spacial score (nSPS) is 23.0. The molecular weight excluding hydrogens is 610 g/mol. The lowest BCUT2D eigenvalue weighted by atomic mass is 9.92. The van der Waals surface area contributed by atoms with Gasteiger partial charge in [0.1, 0.15) is 12.2 Å². The number of ether oxygens (including phenoxy) is 3. The van der Waals surface area contributed by atoms with Crippen molar-refractivity contribution < 1.29 is 28.6 Å². The molecule has 1 saturated heterocycles. The second-order valence-electron chi connectivity index (χ2n) is 13.0. The van der Waals surface area contributed by atoms with E-state index in [9.17, 15) is 14.4 Å². The molecule has 2 N–H and O–H groups in total. The molecule has 256 valence electrons. The topological polar surface area (TPSA) is 124 Å². The predicted molar refractivity (Wildman–Crippen MR) is 179 cm³/mol. The van der Waals surface area contributed by atoms with Gasteiger partial charge in [0.2, 0.25) is 5.91 Å². The lowest BCUT2D eigenvalue weighted by Gasteiger charge is -2.32. The second-order valence-corrected chi connectivity index (χ2v) is 13.0. The molecule has 6 rings (SSSR count). The molecule has 3 aromatic rings. The van der Waals surface area contributed by atoms with E-state index >= 15 is 0 Å². The standard InChI is InChI=1S/C37H47N5O6/c43-35(38-29-15-7-9-17-33(29)47-25-27-11-3-1-4-12-27)24-42-32(23-31(40-42)37(45)41-19-21-46-22-20-41)36(44)39-30-16-8-10-18-34(30)48-26-28-13-5-2-6-14-28/h1-6,11-14,23,29-30,33-34H,7-10,15-22,24-26H2,(H,38,43)(H,39,44)/t29-,30-,33-,34-/m0/s1. The quantitative estimate of drug-likeness (QED) is 0.299. The number of benzene rings is 2. The second kappa shape index (κ2) is 16.9. The molecular formula is C37H47N5O6. The van der Waals surface area contributed by atoms with Gasteiger partial charge in [0.05, 0.1) is 50.7 Å². The average molecular weight is 658 g/mol. The van der Waals surface area contributed by atoms with E-state index in [1.165, 1.54) is 10.7 Å². The lowest BCUT2D eigenvalue weighted by molar-refractivity contribution is -0.124. The van der Waals surface area contributed by atoms with Crippen molar-refractivity contribution in [1.29, 1.82) is 0 Å². The first-order valence-electron chi connectivity index (χ1n) is 17.4. The lowest BCUT2D eigenvalue weighted by Crippen LogP contribution is -2.48.